The number of H-pyrrole nitrogens is 1. The van der Waals surface area contributed by atoms with Crippen molar-refractivity contribution in [2.75, 3.05) is 33.8 Å². The Kier molecular flexibility index (Phi) is 5.02. The van der Waals surface area contributed by atoms with E-state index < -0.39 is 0 Å². The van der Waals surface area contributed by atoms with Gasteiger partial charge in [-0.2, -0.15) is 0 Å². The molecule has 1 aliphatic rings. The zero-order valence-electron chi connectivity index (χ0n) is 15.2. The van der Waals surface area contributed by atoms with Crippen molar-refractivity contribution in [3.63, 3.8) is 0 Å². The quantitative estimate of drug-likeness (QED) is 0.661. The second kappa shape index (κ2) is 7.43. The van der Waals surface area contributed by atoms with Crippen molar-refractivity contribution in [1.82, 2.24) is 15.2 Å². The molecule has 136 valence electrons. The van der Waals surface area contributed by atoms with Crippen LogP contribution in [0.2, 0.25) is 0 Å². The first-order valence-electron chi connectivity index (χ1n) is 9.02. The standard InChI is InChI=1S/C21H24BrN3O/c1-25(2)10-11-26-16-5-3-4-14(12-16)20-21-17(8-9-23-20)18-13-15(22)6-7-19(18)24-21/h3-7,12-13,20,23-24H,8-11H2,1-2H3. The van der Waals surface area contributed by atoms with Crippen molar-refractivity contribution in [2.45, 2.75) is 12.5 Å². The molecule has 4 rings (SSSR count). The first-order chi connectivity index (χ1) is 12.6. The molecule has 26 heavy (non-hydrogen) atoms. The highest BCUT2D eigenvalue weighted by Crippen LogP contribution is 2.35. The third-order valence-corrected chi connectivity index (χ3v) is 5.41. The molecule has 0 fully saturated rings. The van der Waals surface area contributed by atoms with Gasteiger partial charge in [-0.25, -0.2) is 0 Å². The average molecular weight is 414 g/mol. The summed E-state index contributed by atoms with van der Waals surface area (Å²) < 4.78 is 7.05. The maximum Gasteiger partial charge on any atom is 0.119 e. The van der Waals surface area contributed by atoms with Gasteiger partial charge in [-0.15, -0.1) is 0 Å². The van der Waals surface area contributed by atoms with Gasteiger partial charge in [0.05, 0.1) is 6.04 Å². The van der Waals surface area contributed by atoms with Gasteiger partial charge in [0.25, 0.3) is 0 Å². The summed E-state index contributed by atoms with van der Waals surface area (Å²) in [4.78, 5) is 5.76. The topological polar surface area (TPSA) is 40.3 Å². The van der Waals surface area contributed by atoms with Gasteiger partial charge in [0.1, 0.15) is 12.4 Å². The number of nitrogens with zero attached hydrogens (tertiary/aromatic N) is 1. The van der Waals surface area contributed by atoms with E-state index in [0.717, 1.165) is 29.7 Å². The molecule has 5 heteroatoms. The summed E-state index contributed by atoms with van der Waals surface area (Å²) in [6.07, 6.45) is 1.04. The maximum atomic E-state index is 5.93. The van der Waals surface area contributed by atoms with Crippen molar-refractivity contribution in [3.05, 3.63) is 63.8 Å². The van der Waals surface area contributed by atoms with Crippen LogP contribution in [0.25, 0.3) is 10.9 Å². The molecular weight excluding hydrogens is 390 g/mol. The van der Waals surface area contributed by atoms with Crippen molar-refractivity contribution >= 4 is 26.8 Å². The predicted molar refractivity (Wildman–Crippen MR) is 110 cm³/mol. The summed E-state index contributed by atoms with van der Waals surface area (Å²) >= 11 is 3.60. The fourth-order valence-corrected chi connectivity index (χ4v) is 3.98. The highest BCUT2D eigenvalue weighted by molar-refractivity contribution is 9.10. The Labute approximate surface area is 162 Å². The van der Waals surface area contributed by atoms with E-state index in [-0.39, 0.29) is 6.04 Å². The van der Waals surface area contributed by atoms with E-state index >= 15 is 0 Å². The van der Waals surface area contributed by atoms with E-state index in [0.29, 0.717) is 6.61 Å². The number of aromatic nitrogens is 1. The molecule has 1 aromatic heterocycles. The zero-order chi connectivity index (χ0) is 18.1. The Bertz CT molecular complexity index is 919. The van der Waals surface area contributed by atoms with Gasteiger partial charge >= 0.3 is 0 Å². The van der Waals surface area contributed by atoms with Crippen LogP contribution in [0.15, 0.2) is 46.9 Å². The smallest absolute Gasteiger partial charge is 0.119 e. The lowest BCUT2D eigenvalue weighted by molar-refractivity contribution is 0.261. The van der Waals surface area contributed by atoms with Gasteiger partial charge in [0, 0.05) is 34.2 Å². The van der Waals surface area contributed by atoms with Crippen molar-refractivity contribution < 1.29 is 4.74 Å². The number of hydrogen-bond acceptors (Lipinski definition) is 3. The lowest BCUT2D eigenvalue weighted by Crippen LogP contribution is -2.30. The summed E-state index contributed by atoms with van der Waals surface area (Å²) in [5.74, 6) is 0.928. The predicted octanol–water partition coefficient (Wildman–Crippen LogP) is 4.11. The van der Waals surface area contributed by atoms with E-state index in [9.17, 15) is 0 Å². The average Bonchev–Trinajstić information content (AvgIpc) is 2.99. The van der Waals surface area contributed by atoms with Crippen LogP contribution in [-0.4, -0.2) is 43.7 Å². The second-order valence-electron chi connectivity index (χ2n) is 7.07. The molecule has 1 atom stereocenters. The van der Waals surface area contributed by atoms with Crippen LogP contribution in [-0.2, 0) is 6.42 Å². The molecule has 0 saturated heterocycles. The fourth-order valence-electron chi connectivity index (χ4n) is 3.61. The second-order valence-corrected chi connectivity index (χ2v) is 7.98. The fraction of sp³-hybridized carbons (Fsp3) is 0.333. The molecule has 2 N–H and O–H groups in total. The minimum Gasteiger partial charge on any atom is -0.492 e. The molecule has 1 unspecified atom stereocenters. The van der Waals surface area contributed by atoms with E-state index in [2.05, 4.69) is 81.6 Å². The molecule has 3 aromatic rings. The van der Waals surface area contributed by atoms with E-state index in [4.69, 9.17) is 4.74 Å². The third-order valence-electron chi connectivity index (χ3n) is 4.91. The van der Waals surface area contributed by atoms with Gasteiger partial charge in [0.15, 0.2) is 0 Å². The van der Waals surface area contributed by atoms with Crippen LogP contribution in [0.4, 0.5) is 0 Å². The molecule has 0 bridgehead atoms. The highest BCUT2D eigenvalue weighted by Gasteiger charge is 2.25. The monoisotopic (exact) mass is 413 g/mol. The minimum absolute atomic E-state index is 0.169. The first kappa shape index (κ1) is 17.6. The summed E-state index contributed by atoms with van der Waals surface area (Å²) in [5.41, 5.74) is 5.13. The van der Waals surface area contributed by atoms with E-state index in [1.165, 1.54) is 27.7 Å². The number of ether oxygens (including phenoxy) is 1. The van der Waals surface area contributed by atoms with Crippen LogP contribution >= 0.6 is 15.9 Å². The van der Waals surface area contributed by atoms with Gasteiger partial charge in [0.2, 0.25) is 0 Å². The number of benzene rings is 2. The van der Waals surface area contributed by atoms with E-state index in [1.54, 1.807) is 0 Å². The minimum atomic E-state index is 0.169. The Hall–Kier alpha value is -1.82. The molecule has 0 saturated carbocycles. The zero-order valence-corrected chi connectivity index (χ0v) is 16.8. The SMILES string of the molecule is CN(C)CCOc1cccc(C2NCCc3c2[nH]c2ccc(Br)cc32)c1. The van der Waals surface area contributed by atoms with Gasteiger partial charge in [-0.3, -0.25) is 0 Å². The van der Waals surface area contributed by atoms with Crippen LogP contribution in [0, 0.1) is 0 Å². The summed E-state index contributed by atoms with van der Waals surface area (Å²) in [6, 6.07) is 15.1. The molecule has 0 aliphatic carbocycles. The molecule has 0 spiro atoms. The molecule has 0 amide bonds. The molecule has 2 heterocycles. The van der Waals surface area contributed by atoms with Gasteiger partial charge in [-0.05, 0) is 62.0 Å². The van der Waals surface area contributed by atoms with Gasteiger partial charge in [-0.1, -0.05) is 28.1 Å². The van der Waals surface area contributed by atoms with E-state index in [1.807, 2.05) is 6.07 Å². The molecule has 0 radical (unpaired) electrons. The Balaban J connectivity index is 1.64. The Morgan fingerprint density at radius 3 is 2.92 bits per heavy atom. The molecule has 2 aromatic carbocycles. The van der Waals surface area contributed by atoms with Crippen molar-refractivity contribution in [1.29, 1.82) is 0 Å². The van der Waals surface area contributed by atoms with Crippen molar-refractivity contribution in [3.8, 4) is 5.75 Å². The molecule has 1 aliphatic heterocycles. The van der Waals surface area contributed by atoms with Crippen LogP contribution in [0.1, 0.15) is 22.9 Å². The lowest BCUT2D eigenvalue weighted by atomic mass is 9.94. The largest absolute Gasteiger partial charge is 0.492 e. The van der Waals surface area contributed by atoms with Crippen LogP contribution in [0.3, 0.4) is 0 Å². The van der Waals surface area contributed by atoms with Crippen LogP contribution < -0.4 is 10.1 Å². The summed E-state index contributed by atoms with van der Waals surface area (Å²) in [5, 5.41) is 4.98. The first-order valence-corrected chi connectivity index (χ1v) is 9.82. The number of halogens is 1. The normalized spacial score (nSPS) is 16.8. The third kappa shape index (κ3) is 3.52. The number of likely N-dealkylation sites (N-methyl/N-ethyl adjacent to an activating group) is 1. The number of fused-ring (bicyclic) bond motifs is 3. The molecular formula is C21H24BrN3O. The van der Waals surface area contributed by atoms with Gasteiger partial charge < -0.3 is 19.9 Å². The number of nitrogens with one attached hydrogen (secondary N) is 2. The number of hydrogen-bond donors (Lipinski definition) is 2. The lowest BCUT2D eigenvalue weighted by Gasteiger charge is -2.25. The highest BCUT2D eigenvalue weighted by atomic mass is 79.9. The molecule has 4 nitrogen and oxygen atoms in total. The number of aromatic amines is 1. The summed E-state index contributed by atoms with van der Waals surface area (Å²) in [6.45, 7) is 2.58. The maximum absolute atomic E-state index is 5.93. The van der Waals surface area contributed by atoms with Crippen LogP contribution in [0.5, 0.6) is 5.75 Å². The van der Waals surface area contributed by atoms with Crippen molar-refractivity contribution in [2.24, 2.45) is 0 Å². The number of rotatable bonds is 5. The Morgan fingerprint density at radius 2 is 2.08 bits per heavy atom. The summed E-state index contributed by atoms with van der Waals surface area (Å²) in [7, 11) is 4.11. The Morgan fingerprint density at radius 1 is 1.19 bits per heavy atom.